The van der Waals surface area contributed by atoms with Gasteiger partial charge in [-0.25, -0.2) is 4.98 Å². The molecule has 4 rings (SSSR count). The van der Waals surface area contributed by atoms with Gasteiger partial charge in [0.05, 0.1) is 13.2 Å². The van der Waals surface area contributed by atoms with Gasteiger partial charge in [-0.3, -0.25) is 0 Å². The molecule has 2 aliphatic rings. The van der Waals surface area contributed by atoms with Crippen molar-refractivity contribution < 1.29 is 32.5 Å². The van der Waals surface area contributed by atoms with Gasteiger partial charge in [0.2, 0.25) is 0 Å². The van der Waals surface area contributed by atoms with Crippen LogP contribution in [-0.2, 0) is 0 Å². The number of hydrogen-bond acceptors (Lipinski definition) is 6. The van der Waals surface area contributed by atoms with Crippen molar-refractivity contribution in [3.05, 3.63) is 42.6 Å². The number of methoxy groups -OCH3 is 1. The Bertz CT molecular complexity index is 879. The lowest BCUT2D eigenvalue weighted by Gasteiger charge is -2.35. The molecule has 162 valence electrons. The highest BCUT2D eigenvalue weighted by Gasteiger charge is 2.43. The number of aromatic nitrogens is 1. The van der Waals surface area contributed by atoms with Crippen LogP contribution in [0.25, 0.3) is 0 Å². The standard InChI is InChI=1S/C21H23F3N2O4/c1-28-18-6-3-7-25-20(18)26-11-13-8-17(27)19(9-14(13)12-26)29-15-4-2-5-16(10-15)30-21(22,23)24/h2-7,10,13-14,17,19,27H,8-9,11-12H2,1H3/t13-,14+,17+,19+/m0/s1. The summed E-state index contributed by atoms with van der Waals surface area (Å²) in [6.07, 6.45) is -3.10. The second-order valence-electron chi connectivity index (χ2n) is 7.67. The van der Waals surface area contributed by atoms with Crippen LogP contribution >= 0.6 is 0 Å². The van der Waals surface area contributed by atoms with Crippen molar-refractivity contribution in [3.8, 4) is 17.2 Å². The topological polar surface area (TPSA) is 64.1 Å². The van der Waals surface area contributed by atoms with Crippen LogP contribution in [0.1, 0.15) is 12.8 Å². The molecule has 30 heavy (non-hydrogen) atoms. The lowest BCUT2D eigenvalue weighted by molar-refractivity contribution is -0.274. The third-order valence-electron chi connectivity index (χ3n) is 5.68. The van der Waals surface area contributed by atoms with Gasteiger partial charge >= 0.3 is 6.36 Å². The summed E-state index contributed by atoms with van der Waals surface area (Å²) in [5.74, 6) is 1.92. The molecule has 1 aliphatic heterocycles. The van der Waals surface area contributed by atoms with E-state index < -0.39 is 18.6 Å². The minimum absolute atomic E-state index is 0.237. The molecule has 2 fully saturated rings. The fourth-order valence-electron chi connectivity index (χ4n) is 4.39. The number of aliphatic hydroxyl groups excluding tert-OH is 1. The van der Waals surface area contributed by atoms with Gasteiger partial charge in [0.15, 0.2) is 11.6 Å². The largest absolute Gasteiger partial charge is 0.573 e. The molecule has 1 aliphatic carbocycles. The Morgan fingerprint density at radius 1 is 1.07 bits per heavy atom. The van der Waals surface area contributed by atoms with Crippen LogP contribution in [0, 0.1) is 11.8 Å². The van der Waals surface area contributed by atoms with Gasteiger partial charge in [0, 0.05) is 25.4 Å². The van der Waals surface area contributed by atoms with Gasteiger partial charge in [-0.1, -0.05) is 6.07 Å². The summed E-state index contributed by atoms with van der Waals surface area (Å²) in [7, 11) is 1.61. The average molecular weight is 424 g/mol. The van der Waals surface area contributed by atoms with Gasteiger partial charge in [-0.05, 0) is 48.9 Å². The zero-order valence-corrected chi connectivity index (χ0v) is 16.4. The molecule has 6 nitrogen and oxygen atoms in total. The molecule has 0 unspecified atom stereocenters. The molecule has 4 atom stereocenters. The van der Waals surface area contributed by atoms with E-state index in [0.29, 0.717) is 18.6 Å². The molecule has 0 amide bonds. The predicted octanol–water partition coefficient (Wildman–Crippen LogP) is 3.64. The highest BCUT2D eigenvalue weighted by molar-refractivity contribution is 5.53. The molecular weight excluding hydrogens is 401 g/mol. The Morgan fingerprint density at radius 2 is 1.80 bits per heavy atom. The van der Waals surface area contributed by atoms with Crippen molar-refractivity contribution in [1.29, 1.82) is 0 Å². The van der Waals surface area contributed by atoms with Crippen molar-refractivity contribution in [2.24, 2.45) is 11.8 Å². The van der Waals surface area contributed by atoms with Gasteiger partial charge < -0.3 is 24.2 Å². The lowest BCUT2D eigenvalue weighted by atomic mass is 9.78. The number of hydrogen-bond donors (Lipinski definition) is 1. The quantitative estimate of drug-likeness (QED) is 0.791. The summed E-state index contributed by atoms with van der Waals surface area (Å²) < 4.78 is 52.6. The minimum atomic E-state index is -4.77. The van der Waals surface area contributed by atoms with E-state index in [9.17, 15) is 18.3 Å². The van der Waals surface area contributed by atoms with E-state index in [4.69, 9.17) is 9.47 Å². The smallest absolute Gasteiger partial charge is 0.493 e. The van der Waals surface area contributed by atoms with E-state index in [1.807, 2.05) is 12.1 Å². The molecule has 9 heteroatoms. The summed E-state index contributed by atoms with van der Waals surface area (Å²) in [4.78, 5) is 6.59. The highest BCUT2D eigenvalue weighted by Crippen LogP contribution is 2.41. The molecule has 1 aromatic heterocycles. The molecule has 0 bridgehead atoms. The number of pyridine rings is 1. The number of benzene rings is 1. The number of alkyl halides is 3. The Labute approximate surface area is 172 Å². The van der Waals surface area contributed by atoms with Crippen LogP contribution in [0.3, 0.4) is 0 Å². The summed E-state index contributed by atoms with van der Waals surface area (Å²) in [6, 6.07) is 9.06. The third kappa shape index (κ3) is 4.56. The fraction of sp³-hybridized carbons (Fsp3) is 0.476. The Morgan fingerprint density at radius 3 is 2.53 bits per heavy atom. The van der Waals surface area contributed by atoms with E-state index in [2.05, 4.69) is 14.6 Å². The number of nitrogens with zero attached hydrogens (tertiary/aromatic N) is 2. The summed E-state index contributed by atoms with van der Waals surface area (Å²) in [5, 5.41) is 10.6. The second-order valence-corrected chi connectivity index (χ2v) is 7.67. The van der Waals surface area contributed by atoms with Gasteiger partial charge in [-0.2, -0.15) is 0 Å². The molecule has 1 N–H and O–H groups in total. The molecule has 1 saturated heterocycles. The second kappa shape index (κ2) is 8.22. The Balaban J connectivity index is 1.43. The fourth-order valence-corrected chi connectivity index (χ4v) is 4.39. The number of rotatable bonds is 5. The van der Waals surface area contributed by atoms with E-state index in [1.54, 1.807) is 19.4 Å². The lowest BCUT2D eigenvalue weighted by Crippen LogP contribution is -2.42. The maximum absolute atomic E-state index is 12.4. The molecule has 0 spiro atoms. The van der Waals surface area contributed by atoms with Crippen LogP contribution in [0.4, 0.5) is 19.0 Å². The van der Waals surface area contributed by atoms with Gasteiger partial charge in [-0.15, -0.1) is 13.2 Å². The average Bonchev–Trinajstić information content (AvgIpc) is 3.09. The number of aliphatic hydroxyl groups is 1. The number of anilines is 1. The van der Waals surface area contributed by atoms with Gasteiger partial charge in [0.25, 0.3) is 0 Å². The van der Waals surface area contributed by atoms with Crippen LogP contribution in [0.2, 0.25) is 0 Å². The van der Waals surface area contributed by atoms with Crippen LogP contribution in [-0.4, -0.2) is 48.9 Å². The van der Waals surface area contributed by atoms with Crippen molar-refractivity contribution >= 4 is 5.82 Å². The van der Waals surface area contributed by atoms with Crippen molar-refractivity contribution in [2.45, 2.75) is 31.4 Å². The first kappa shape index (κ1) is 20.6. The Kier molecular flexibility index (Phi) is 5.64. The van der Waals surface area contributed by atoms with Crippen molar-refractivity contribution in [2.75, 3.05) is 25.1 Å². The molecule has 2 heterocycles. The number of halogens is 3. The van der Waals surface area contributed by atoms with Crippen LogP contribution in [0.15, 0.2) is 42.6 Å². The van der Waals surface area contributed by atoms with Crippen LogP contribution in [0.5, 0.6) is 17.2 Å². The van der Waals surface area contributed by atoms with E-state index in [1.165, 1.54) is 18.2 Å². The first-order valence-electron chi connectivity index (χ1n) is 9.77. The number of fused-ring (bicyclic) bond motifs is 1. The predicted molar refractivity (Wildman–Crippen MR) is 103 cm³/mol. The maximum atomic E-state index is 12.4. The minimum Gasteiger partial charge on any atom is -0.493 e. The van der Waals surface area contributed by atoms with Crippen molar-refractivity contribution in [3.63, 3.8) is 0 Å². The zero-order valence-electron chi connectivity index (χ0n) is 16.4. The molecule has 1 aromatic carbocycles. The van der Waals surface area contributed by atoms with E-state index in [-0.39, 0.29) is 23.3 Å². The molecular formula is C21H23F3N2O4. The van der Waals surface area contributed by atoms with E-state index >= 15 is 0 Å². The third-order valence-corrected chi connectivity index (χ3v) is 5.68. The van der Waals surface area contributed by atoms with Gasteiger partial charge in [0.1, 0.15) is 17.6 Å². The molecule has 0 radical (unpaired) electrons. The highest BCUT2D eigenvalue weighted by atomic mass is 19.4. The SMILES string of the molecule is COc1cccnc1N1C[C@H]2C[C@@H](Oc3cccc(OC(F)(F)F)c3)[C@H](O)C[C@H]2C1. The Hall–Kier alpha value is -2.68. The normalized spacial score (nSPS) is 26.2. The summed E-state index contributed by atoms with van der Waals surface area (Å²) in [6.45, 7) is 1.51. The monoisotopic (exact) mass is 424 g/mol. The van der Waals surface area contributed by atoms with Crippen molar-refractivity contribution in [1.82, 2.24) is 4.98 Å². The maximum Gasteiger partial charge on any atom is 0.573 e. The van der Waals surface area contributed by atoms with E-state index in [0.717, 1.165) is 18.9 Å². The molecule has 2 aromatic rings. The first-order valence-corrected chi connectivity index (χ1v) is 9.77. The summed E-state index contributed by atoms with van der Waals surface area (Å²) in [5.41, 5.74) is 0. The number of ether oxygens (including phenoxy) is 3. The summed E-state index contributed by atoms with van der Waals surface area (Å²) >= 11 is 0. The van der Waals surface area contributed by atoms with Crippen LogP contribution < -0.4 is 19.1 Å². The zero-order chi connectivity index (χ0) is 21.3. The molecule has 1 saturated carbocycles. The first-order chi connectivity index (χ1) is 14.3.